The molecular weight excluding hydrogens is 320 g/mol. The van der Waals surface area contributed by atoms with Gasteiger partial charge in [0.05, 0.1) is 20.0 Å². The molecule has 9 heteroatoms. The first kappa shape index (κ1) is 17.7. The average molecular weight is 344 g/mol. The standard InChI is InChI=1S/C14H24N4O4S/c1-4-5-10-23(19,20)18-8-6-17(7-9-18)12-11-13(21-2)16-14(15-12)22-3/h11H,4-10H2,1-3H3. The van der Waals surface area contributed by atoms with E-state index in [1.807, 2.05) is 11.8 Å². The highest BCUT2D eigenvalue weighted by Gasteiger charge is 2.27. The lowest BCUT2D eigenvalue weighted by Gasteiger charge is -2.34. The van der Waals surface area contributed by atoms with Gasteiger partial charge in [0, 0.05) is 32.2 Å². The van der Waals surface area contributed by atoms with Crippen LogP contribution in [-0.4, -0.2) is 68.8 Å². The fourth-order valence-electron chi connectivity index (χ4n) is 2.40. The molecule has 23 heavy (non-hydrogen) atoms. The maximum atomic E-state index is 12.2. The molecule has 0 aliphatic carbocycles. The topological polar surface area (TPSA) is 84.9 Å². The summed E-state index contributed by atoms with van der Waals surface area (Å²) in [6, 6.07) is 1.96. The van der Waals surface area contributed by atoms with Gasteiger partial charge in [0.25, 0.3) is 0 Å². The summed E-state index contributed by atoms with van der Waals surface area (Å²) in [5.41, 5.74) is 0. The van der Waals surface area contributed by atoms with Crippen LogP contribution in [0.1, 0.15) is 19.8 Å². The van der Waals surface area contributed by atoms with E-state index in [2.05, 4.69) is 9.97 Å². The lowest BCUT2D eigenvalue weighted by Crippen LogP contribution is -2.49. The maximum absolute atomic E-state index is 12.2. The Kier molecular flexibility index (Phi) is 6.00. The van der Waals surface area contributed by atoms with Gasteiger partial charge in [-0.1, -0.05) is 13.3 Å². The lowest BCUT2D eigenvalue weighted by molar-refractivity contribution is 0.349. The van der Waals surface area contributed by atoms with Gasteiger partial charge >= 0.3 is 6.01 Å². The molecule has 1 saturated heterocycles. The van der Waals surface area contributed by atoms with E-state index in [0.717, 1.165) is 6.42 Å². The van der Waals surface area contributed by atoms with Crippen LogP contribution >= 0.6 is 0 Å². The van der Waals surface area contributed by atoms with E-state index in [1.54, 1.807) is 10.4 Å². The number of methoxy groups -OCH3 is 2. The number of rotatable bonds is 7. The Morgan fingerprint density at radius 3 is 2.39 bits per heavy atom. The van der Waals surface area contributed by atoms with Crippen molar-refractivity contribution >= 4 is 15.8 Å². The van der Waals surface area contributed by atoms with E-state index in [-0.39, 0.29) is 11.8 Å². The Morgan fingerprint density at radius 2 is 1.83 bits per heavy atom. The molecule has 2 rings (SSSR count). The Morgan fingerprint density at radius 1 is 1.13 bits per heavy atom. The molecule has 1 aliphatic heterocycles. The number of ether oxygens (including phenoxy) is 2. The first-order valence-electron chi connectivity index (χ1n) is 7.70. The number of anilines is 1. The van der Waals surface area contributed by atoms with Crippen molar-refractivity contribution in [3.05, 3.63) is 6.07 Å². The smallest absolute Gasteiger partial charge is 0.321 e. The zero-order chi connectivity index (χ0) is 16.9. The first-order valence-corrected chi connectivity index (χ1v) is 9.31. The van der Waals surface area contributed by atoms with E-state index in [4.69, 9.17) is 9.47 Å². The summed E-state index contributed by atoms with van der Waals surface area (Å²) < 4.78 is 36.2. The molecule has 0 saturated carbocycles. The van der Waals surface area contributed by atoms with Gasteiger partial charge in [-0.05, 0) is 6.42 Å². The van der Waals surface area contributed by atoms with Crippen molar-refractivity contribution < 1.29 is 17.9 Å². The third-order valence-corrected chi connectivity index (χ3v) is 5.73. The van der Waals surface area contributed by atoms with Crippen LogP contribution in [-0.2, 0) is 10.0 Å². The Labute approximate surface area is 137 Å². The zero-order valence-electron chi connectivity index (χ0n) is 13.9. The molecule has 0 bridgehead atoms. The van der Waals surface area contributed by atoms with Gasteiger partial charge < -0.3 is 14.4 Å². The van der Waals surface area contributed by atoms with Crippen molar-refractivity contribution in [3.8, 4) is 11.9 Å². The molecule has 0 N–H and O–H groups in total. The van der Waals surface area contributed by atoms with Crippen molar-refractivity contribution in [2.24, 2.45) is 0 Å². The highest BCUT2D eigenvalue weighted by molar-refractivity contribution is 7.89. The average Bonchev–Trinajstić information content (AvgIpc) is 2.59. The first-order chi connectivity index (χ1) is 11.0. The number of sulfonamides is 1. The third-order valence-electron chi connectivity index (χ3n) is 3.77. The molecule has 1 aliphatic rings. The minimum absolute atomic E-state index is 0.221. The molecule has 0 spiro atoms. The molecule has 0 unspecified atom stereocenters. The second kappa shape index (κ2) is 7.78. The van der Waals surface area contributed by atoms with Crippen molar-refractivity contribution in [1.29, 1.82) is 0 Å². The van der Waals surface area contributed by atoms with Crippen molar-refractivity contribution in [2.45, 2.75) is 19.8 Å². The molecule has 0 atom stereocenters. The Hall–Kier alpha value is -1.61. The van der Waals surface area contributed by atoms with Crippen LogP contribution in [0.4, 0.5) is 5.82 Å². The fourth-order valence-corrected chi connectivity index (χ4v) is 4.03. The molecule has 2 heterocycles. The molecule has 1 aromatic rings. The zero-order valence-corrected chi connectivity index (χ0v) is 14.7. The van der Waals surface area contributed by atoms with Crippen LogP contribution in [0.2, 0.25) is 0 Å². The van der Waals surface area contributed by atoms with E-state index in [9.17, 15) is 8.42 Å². The summed E-state index contributed by atoms with van der Waals surface area (Å²) in [4.78, 5) is 10.4. The van der Waals surface area contributed by atoms with Crippen molar-refractivity contribution in [3.63, 3.8) is 0 Å². The van der Waals surface area contributed by atoms with Crippen LogP contribution in [0.15, 0.2) is 6.07 Å². The van der Waals surface area contributed by atoms with Crippen LogP contribution in [0, 0.1) is 0 Å². The molecule has 0 amide bonds. The Balaban J connectivity index is 2.04. The normalized spacial score (nSPS) is 16.4. The lowest BCUT2D eigenvalue weighted by atomic mass is 10.3. The minimum atomic E-state index is -3.15. The molecule has 0 aromatic carbocycles. The van der Waals surface area contributed by atoms with Gasteiger partial charge in [-0.15, -0.1) is 0 Å². The van der Waals surface area contributed by atoms with Gasteiger partial charge in [-0.25, -0.2) is 8.42 Å². The number of unbranched alkanes of at least 4 members (excludes halogenated alkanes) is 1. The monoisotopic (exact) mass is 344 g/mol. The number of aromatic nitrogens is 2. The van der Waals surface area contributed by atoms with Crippen LogP contribution in [0.3, 0.4) is 0 Å². The van der Waals surface area contributed by atoms with Gasteiger partial charge in [0.1, 0.15) is 5.82 Å². The summed E-state index contributed by atoms with van der Waals surface area (Å²) in [6.45, 7) is 4.06. The highest BCUT2D eigenvalue weighted by atomic mass is 32.2. The number of nitrogens with zero attached hydrogens (tertiary/aromatic N) is 4. The van der Waals surface area contributed by atoms with Crippen molar-refractivity contribution in [2.75, 3.05) is 51.1 Å². The molecular formula is C14H24N4O4S. The van der Waals surface area contributed by atoms with Gasteiger partial charge in [0.15, 0.2) is 0 Å². The largest absolute Gasteiger partial charge is 0.481 e. The minimum Gasteiger partial charge on any atom is -0.481 e. The van der Waals surface area contributed by atoms with Crippen LogP contribution < -0.4 is 14.4 Å². The van der Waals surface area contributed by atoms with E-state index in [0.29, 0.717) is 44.3 Å². The molecule has 0 radical (unpaired) electrons. The second-order valence-electron chi connectivity index (χ2n) is 5.31. The van der Waals surface area contributed by atoms with E-state index >= 15 is 0 Å². The van der Waals surface area contributed by atoms with Gasteiger partial charge in [-0.2, -0.15) is 14.3 Å². The summed E-state index contributed by atoms with van der Waals surface area (Å²) in [6.07, 6.45) is 1.57. The molecule has 1 aromatic heterocycles. The summed E-state index contributed by atoms with van der Waals surface area (Å²) in [5.74, 6) is 1.32. The molecule has 1 fully saturated rings. The predicted molar refractivity (Wildman–Crippen MR) is 87.6 cm³/mol. The third kappa shape index (κ3) is 4.44. The summed E-state index contributed by atoms with van der Waals surface area (Å²) in [7, 11) is -0.124. The summed E-state index contributed by atoms with van der Waals surface area (Å²) >= 11 is 0. The fraction of sp³-hybridized carbons (Fsp3) is 0.714. The number of piperazine rings is 1. The van der Waals surface area contributed by atoms with Gasteiger partial charge in [0.2, 0.25) is 15.9 Å². The highest BCUT2D eigenvalue weighted by Crippen LogP contribution is 2.22. The predicted octanol–water partition coefficient (Wildman–Crippen LogP) is 0.746. The summed E-state index contributed by atoms with van der Waals surface area (Å²) in [5, 5.41) is 0. The van der Waals surface area contributed by atoms with Crippen molar-refractivity contribution in [1.82, 2.24) is 14.3 Å². The van der Waals surface area contributed by atoms with E-state index < -0.39 is 10.0 Å². The quantitative estimate of drug-likeness (QED) is 0.721. The Bertz CT molecular complexity index is 593. The SMILES string of the molecule is CCCCS(=O)(=O)N1CCN(c2cc(OC)nc(OC)n2)CC1. The van der Waals surface area contributed by atoms with Crippen LogP contribution in [0.25, 0.3) is 0 Å². The second-order valence-corrected chi connectivity index (χ2v) is 7.40. The van der Waals surface area contributed by atoms with Crippen LogP contribution in [0.5, 0.6) is 11.9 Å². The number of hydrogen-bond donors (Lipinski definition) is 0. The number of hydrogen-bond acceptors (Lipinski definition) is 7. The van der Waals surface area contributed by atoms with Gasteiger partial charge in [-0.3, -0.25) is 0 Å². The van der Waals surface area contributed by atoms with E-state index in [1.165, 1.54) is 14.2 Å². The maximum Gasteiger partial charge on any atom is 0.321 e. The molecule has 130 valence electrons. The molecule has 8 nitrogen and oxygen atoms in total.